The molecule has 1 atom stereocenters. The van der Waals surface area contributed by atoms with Crippen LogP contribution in [0.15, 0.2) is 18.2 Å². The van der Waals surface area contributed by atoms with E-state index in [2.05, 4.69) is 5.32 Å². The van der Waals surface area contributed by atoms with Crippen LogP contribution in [0.25, 0.3) is 0 Å². The zero-order chi connectivity index (χ0) is 11.5. The molecule has 0 aromatic heterocycles. The summed E-state index contributed by atoms with van der Waals surface area (Å²) >= 11 is 6.01. The van der Waals surface area contributed by atoms with Crippen molar-refractivity contribution in [2.45, 2.75) is 32.2 Å². The first-order valence-electron chi connectivity index (χ1n) is 5.69. The number of Topliss-reactive ketones (excluding diaryl/α,β-unsaturated/α-hetero) is 1. The first-order chi connectivity index (χ1) is 7.66. The van der Waals surface area contributed by atoms with Crippen molar-refractivity contribution < 1.29 is 4.79 Å². The van der Waals surface area contributed by atoms with E-state index in [-0.39, 0.29) is 5.78 Å². The molecule has 1 saturated heterocycles. The molecule has 1 aromatic carbocycles. The molecule has 0 aliphatic carbocycles. The molecule has 1 aromatic rings. The quantitative estimate of drug-likeness (QED) is 0.819. The lowest BCUT2D eigenvalue weighted by Gasteiger charge is -2.09. The summed E-state index contributed by atoms with van der Waals surface area (Å²) in [6, 6.07) is 5.89. The number of nitrogens with one attached hydrogen (secondary N) is 1. The molecule has 0 radical (unpaired) electrons. The SMILES string of the molecule is Cc1ccc(C(=O)CC2CCCN2)cc1Cl. The molecule has 3 heteroatoms. The molecule has 1 aliphatic heterocycles. The minimum absolute atomic E-state index is 0.182. The largest absolute Gasteiger partial charge is 0.314 e. The summed E-state index contributed by atoms with van der Waals surface area (Å²) < 4.78 is 0. The van der Waals surface area contributed by atoms with E-state index in [0.717, 1.165) is 24.1 Å². The standard InChI is InChI=1S/C13H16ClNO/c1-9-4-5-10(7-12(9)14)13(16)8-11-3-2-6-15-11/h4-5,7,11,15H,2-3,6,8H2,1H3. The van der Waals surface area contributed by atoms with Crippen molar-refractivity contribution >= 4 is 17.4 Å². The minimum Gasteiger partial charge on any atom is -0.314 e. The molecule has 16 heavy (non-hydrogen) atoms. The molecule has 86 valence electrons. The number of ketones is 1. The summed E-state index contributed by atoms with van der Waals surface area (Å²) in [6.07, 6.45) is 2.86. The van der Waals surface area contributed by atoms with Gasteiger partial charge in [-0.1, -0.05) is 23.7 Å². The van der Waals surface area contributed by atoms with Crippen LogP contribution in [0.2, 0.25) is 5.02 Å². The van der Waals surface area contributed by atoms with E-state index in [1.807, 2.05) is 19.1 Å². The number of aryl methyl sites for hydroxylation is 1. The average Bonchev–Trinajstić information content (AvgIpc) is 2.74. The molecule has 2 nitrogen and oxygen atoms in total. The van der Waals surface area contributed by atoms with Crippen LogP contribution >= 0.6 is 11.6 Å². The highest BCUT2D eigenvalue weighted by atomic mass is 35.5. The van der Waals surface area contributed by atoms with Gasteiger partial charge in [-0.25, -0.2) is 0 Å². The lowest BCUT2D eigenvalue weighted by atomic mass is 10.0. The van der Waals surface area contributed by atoms with E-state index in [4.69, 9.17) is 11.6 Å². The topological polar surface area (TPSA) is 29.1 Å². The van der Waals surface area contributed by atoms with Crippen molar-refractivity contribution in [1.82, 2.24) is 5.32 Å². The van der Waals surface area contributed by atoms with Crippen LogP contribution in [0, 0.1) is 6.92 Å². The van der Waals surface area contributed by atoms with Crippen LogP contribution < -0.4 is 5.32 Å². The number of hydrogen-bond donors (Lipinski definition) is 1. The Balaban J connectivity index is 2.05. The Bertz CT molecular complexity index is 397. The van der Waals surface area contributed by atoms with Crippen LogP contribution in [0.4, 0.5) is 0 Å². The second kappa shape index (κ2) is 4.98. The highest BCUT2D eigenvalue weighted by Crippen LogP contribution is 2.19. The van der Waals surface area contributed by atoms with Crippen molar-refractivity contribution in [3.05, 3.63) is 34.3 Å². The molecule has 2 rings (SSSR count). The molecule has 1 N–H and O–H groups in total. The Labute approximate surface area is 101 Å². The molecule has 1 aliphatic rings. The van der Waals surface area contributed by atoms with Gasteiger partial charge < -0.3 is 5.32 Å². The Morgan fingerprint density at radius 3 is 3.00 bits per heavy atom. The number of carbonyl (C=O) groups is 1. The van der Waals surface area contributed by atoms with Gasteiger partial charge in [0.15, 0.2) is 5.78 Å². The zero-order valence-electron chi connectivity index (χ0n) is 9.42. The van der Waals surface area contributed by atoms with Gasteiger partial charge in [-0.05, 0) is 37.9 Å². The third-order valence-electron chi connectivity index (χ3n) is 3.09. The molecular formula is C13H16ClNO. The van der Waals surface area contributed by atoms with Crippen molar-refractivity contribution in [2.24, 2.45) is 0 Å². The number of hydrogen-bond acceptors (Lipinski definition) is 2. The molecule has 0 saturated carbocycles. The maximum Gasteiger partial charge on any atom is 0.164 e. The first kappa shape index (κ1) is 11.6. The Morgan fingerprint density at radius 2 is 2.38 bits per heavy atom. The van der Waals surface area contributed by atoms with Gasteiger partial charge in [0.1, 0.15) is 0 Å². The van der Waals surface area contributed by atoms with Gasteiger partial charge >= 0.3 is 0 Å². The Hall–Kier alpha value is -0.860. The molecule has 1 fully saturated rings. The first-order valence-corrected chi connectivity index (χ1v) is 6.07. The molecule has 0 amide bonds. The third kappa shape index (κ3) is 2.63. The monoisotopic (exact) mass is 237 g/mol. The highest BCUT2D eigenvalue weighted by molar-refractivity contribution is 6.31. The van der Waals surface area contributed by atoms with E-state index in [0.29, 0.717) is 17.5 Å². The summed E-state index contributed by atoms with van der Waals surface area (Å²) in [7, 11) is 0. The molecule has 1 heterocycles. The Kier molecular flexibility index (Phi) is 3.62. The van der Waals surface area contributed by atoms with Crippen molar-refractivity contribution in [2.75, 3.05) is 6.54 Å². The van der Waals surface area contributed by atoms with E-state index in [1.54, 1.807) is 6.07 Å². The summed E-state index contributed by atoms with van der Waals surface area (Å²) in [6.45, 7) is 2.97. The highest BCUT2D eigenvalue weighted by Gasteiger charge is 2.18. The van der Waals surface area contributed by atoms with Crippen LogP contribution in [0.1, 0.15) is 35.2 Å². The molecule has 1 unspecified atom stereocenters. The van der Waals surface area contributed by atoms with E-state index < -0.39 is 0 Å². The lowest BCUT2D eigenvalue weighted by Crippen LogP contribution is -2.24. The zero-order valence-corrected chi connectivity index (χ0v) is 10.2. The average molecular weight is 238 g/mol. The fourth-order valence-corrected chi connectivity index (χ4v) is 2.22. The molecule has 0 spiro atoms. The van der Waals surface area contributed by atoms with E-state index in [9.17, 15) is 4.79 Å². The fraction of sp³-hybridized carbons (Fsp3) is 0.462. The van der Waals surface area contributed by atoms with Gasteiger partial charge in [0.25, 0.3) is 0 Å². The van der Waals surface area contributed by atoms with Gasteiger partial charge in [-0.2, -0.15) is 0 Å². The van der Waals surface area contributed by atoms with Crippen molar-refractivity contribution in [3.8, 4) is 0 Å². The number of halogens is 1. The third-order valence-corrected chi connectivity index (χ3v) is 3.50. The van der Waals surface area contributed by atoms with Gasteiger partial charge in [-0.15, -0.1) is 0 Å². The van der Waals surface area contributed by atoms with Gasteiger partial charge in [0.2, 0.25) is 0 Å². The second-order valence-electron chi connectivity index (χ2n) is 4.38. The predicted molar refractivity (Wildman–Crippen MR) is 66.2 cm³/mol. The Morgan fingerprint density at radius 1 is 1.56 bits per heavy atom. The smallest absolute Gasteiger partial charge is 0.164 e. The summed E-state index contributed by atoms with van der Waals surface area (Å²) in [5, 5.41) is 4.00. The predicted octanol–water partition coefficient (Wildman–Crippen LogP) is 2.97. The second-order valence-corrected chi connectivity index (χ2v) is 4.79. The van der Waals surface area contributed by atoms with E-state index in [1.165, 1.54) is 6.42 Å². The van der Waals surface area contributed by atoms with Crippen LogP contribution in [-0.2, 0) is 0 Å². The van der Waals surface area contributed by atoms with E-state index >= 15 is 0 Å². The van der Waals surface area contributed by atoms with Crippen LogP contribution in [0.3, 0.4) is 0 Å². The summed E-state index contributed by atoms with van der Waals surface area (Å²) in [4.78, 5) is 12.0. The maximum absolute atomic E-state index is 12.0. The van der Waals surface area contributed by atoms with Gasteiger partial charge in [0, 0.05) is 23.0 Å². The fourth-order valence-electron chi connectivity index (χ4n) is 2.04. The van der Waals surface area contributed by atoms with Gasteiger partial charge in [-0.3, -0.25) is 4.79 Å². The number of benzene rings is 1. The number of rotatable bonds is 3. The normalized spacial score (nSPS) is 20.0. The van der Waals surface area contributed by atoms with Crippen LogP contribution in [0.5, 0.6) is 0 Å². The lowest BCUT2D eigenvalue weighted by molar-refractivity contribution is 0.0971. The molecular weight excluding hydrogens is 222 g/mol. The van der Waals surface area contributed by atoms with Crippen LogP contribution in [-0.4, -0.2) is 18.4 Å². The maximum atomic E-state index is 12.0. The van der Waals surface area contributed by atoms with Gasteiger partial charge in [0.05, 0.1) is 0 Å². The summed E-state index contributed by atoms with van der Waals surface area (Å²) in [5.74, 6) is 0.182. The van der Waals surface area contributed by atoms with Crippen molar-refractivity contribution in [3.63, 3.8) is 0 Å². The summed E-state index contributed by atoms with van der Waals surface area (Å²) in [5.41, 5.74) is 1.74. The molecule has 0 bridgehead atoms. The minimum atomic E-state index is 0.182. The van der Waals surface area contributed by atoms with Crippen molar-refractivity contribution in [1.29, 1.82) is 0 Å². The number of carbonyl (C=O) groups excluding carboxylic acids is 1.